The zero-order chi connectivity index (χ0) is 27.6. The van der Waals surface area contributed by atoms with Crippen molar-refractivity contribution in [3.63, 3.8) is 0 Å². The number of aliphatic hydroxyl groups is 8. The number of amides is 1. The standard InChI is InChI=1S/C21H37NO15/c1-6-11(26)14(29)15(30)21(33-6)36-17-10(22-7(2)25)19(34-8(4-23)12(17)27)37-18-13(28)9(5-24)35-20(32-3)16(18)31/h6,8-21,23-24,26-31H,4-5H2,1-3H3,(H,22,25)/t6-,8+,9+,10+,11+,12+,13-,14+,15-,16+,17+,18-,19-,20+,21-/m0/s1. The molecule has 3 aliphatic rings. The molecule has 0 aromatic rings. The molecule has 0 aromatic heterocycles. The van der Waals surface area contributed by atoms with E-state index in [1.807, 2.05) is 0 Å². The van der Waals surface area contributed by atoms with Crippen molar-refractivity contribution in [2.75, 3.05) is 20.3 Å². The maximum Gasteiger partial charge on any atom is 0.217 e. The molecule has 0 aliphatic carbocycles. The van der Waals surface area contributed by atoms with Gasteiger partial charge < -0.3 is 74.6 Å². The maximum atomic E-state index is 12.0. The first kappa shape index (κ1) is 30.5. The zero-order valence-electron chi connectivity index (χ0n) is 20.5. The first-order chi connectivity index (χ1) is 17.4. The molecule has 1 amide bonds. The Bertz CT molecular complexity index is 731. The fourth-order valence-electron chi connectivity index (χ4n) is 4.58. The minimum absolute atomic E-state index is 0.629. The van der Waals surface area contributed by atoms with Crippen LogP contribution in [0.5, 0.6) is 0 Å². The fraction of sp³-hybridized carbons (Fsp3) is 0.952. The van der Waals surface area contributed by atoms with Crippen LogP contribution in [-0.2, 0) is 33.2 Å². The summed E-state index contributed by atoms with van der Waals surface area (Å²) in [6, 6.07) is -1.37. The number of aliphatic hydroxyl groups excluding tert-OH is 8. The molecule has 3 rings (SSSR count). The van der Waals surface area contributed by atoms with Crippen LogP contribution < -0.4 is 5.32 Å². The quantitative estimate of drug-likeness (QED) is 0.138. The van der Waals surface area contributed by atoms with Gasteiger partial charge in [-0.25, -0.2) is 0 Å². The van der Waals surface area contributed by atoms with E-state index in [1.165, 1.54) is 14.0 Å². The molecule has 0 spiro atoms. The van der Waals surface area contributed by atoms with Crippen molar-refractivity contribution >= 4 is 5.91 Å². The summed E-state index contributed by atoms with van der Waals surface area (Å²) in [7, 11) is 1.22. The molecule has 0 saturated carbocycles. The van der Waals surface area contributed by atoms with E-state index in [0.29, 0.717) is 0 Å². The van der Waals surface area contributed by atoms with Gasteiger partial charge in [0.1, 0.15) is 67.1 Å². The van der Waals surface area contributed by atoms with Crippen LogP contribution in [-0.4, -0.2) is 159 Å². The summed E-state index contributed by atoms with van der Waals surface area (Å²) < 4.78 is 33.0. The molecular formula is C21H37NO15. The summed E-state index contributed by atoms with van der Waals surface area (Å²) in [4.78, 5) is 12.0. The topological polar surface area (TPSA) is 246 Å². The summed E-state index contributed by atoms with van der Waals surface area (Å²) in [5.74, 6) is -0.629. The normalized spacial score (nSPS) is 49.0. The zero-order valence-corrected chi connectivity index (χ0v) is 20.5. The first-order valence-electron chi connectivity index (χ1n) is 11.8. The second kappa shape index (κ2) is 12.8. The molecule has 16 nitrogen and oxygen atoms in total. The Morgan fingerprint density at radius 1 is 0.730 bits per heavy atom. The van der Waals surface area contributed by atoms with Gasteiger partial charge in [0.05, 0.1) is 19.3 Å². The molecule has 3 fully saturated rings. The van der Waals surface area contributed by atoms with E-state index in [-0.39, 0.29) is 0 Å². The van der Waals surface area contributed by atoms with E-state index in [4.69, 9.17) is 28.4 Å². The lowest BCUT2D eigenvalue weighted by atomic mass is 9.94. The number of hydrogen-bond acceptors (Lipinski definition) is 15. The lowest BCUT2D eigenvalue weighted by Crippen LogP contribution is -2.69. The Kier molecular flexibility index (Phi) is 10.6. The second-order valence-electron chi connectivity index (χ2n) is 9.27. The third-order valence-corrected chi connectivity index (χ3v) is 6.67. The van der Waals surface area contributed by atoms with E-state index in [0.717, 1.165) is 6.92 Å². The average Bonchev–Trinajstić information content (AvgIpc) is 2.86. The molecule has 3 saturated heterocycles. The molecule has 0 unspecified atom stereocenters. The number of methoxy groups -OCH3 is 1. The minimum Gasteiger partial charge on any atom is -0.394 e. The Balaban J connectivity index is 1.90. The summed E-state index contributed by atoms with van der Waals surface area (Å²) in [6.07, 6.45) is -20.7. The Morgan fingerprint density at radius 2 is 1.27 bits per heavy atom. The Morgan fingerprint density at radius 3 is 1.81 bits per heavy atom. The lowest BCUT2D eigenvalue weighted by molar-refractivity contribution is -0.363. The molecule has 0 radical (unpaired) electrons. The van der Waals surface area contributed by atoms with E-state index in [9.17, 15) is 45.6 Å². The van der Waals surface area contributed by atoms with Crippen LogP contribution in [0.1, 0.15) is 13.8 Å². The largest absolute Gasteiger partial charge is 0.394 e. The fourth-order valence-corrected chi connectivity index (χ4v) is 4.58. The summed E-state index contributed by atoms with van der Waals surface area (Å²) >= 11 is 0. The van der Waals surface area contributed by atoms with E-state index >= 15 is 0 Å². The molecule has 3 heterocycles. The van der Waals surface area contributed by atoms with Crippen molar-refractivity contribution < 1.29 is 74.1 Å². The van der Waals surface area contributed by atoms with Crippen LogP contribution in [0, 0.1) is 0 Å². The first-order valence-corrected chi connectivity index (χ1v) is 11.8. The van der Waals surface area contributed by atoms with Gasteiger partial charge in [-0.2, -0.15) is 0 Å². The predicted octanol–water partition coefficient (Wildman–Crippen LogP) is -5.75. The van der Waals surface area contributed by atoms with Gasteiger partial charge in [-0.05, 0) is 6.92 Å². The second-order valence-corrected chi connectivity index (χ2v) is 9.27. The Hall–Kier alpha value is -1.09. The van der Waals surface area contributed by atoms with Crippen molar-refractivity contribution in [2.45, 2.75) is 106 Å². The third-order valence-electron chi connectivity index (χ3n) is 6.67. The predicted molar refractivity (Wildman–Crippen MR) is 116 cm³/mol. The highest BCUT2D eigenvalue weighted by atomic mass is 16.7. The molecule has 3 aliphatic heterocycles. The Labute approximate surface area is 212 Å². The summed E-state index contributed by atoms with van der Waals surface area (Å²) in [6.45, 7) is 1.16. The van der Waals surface area contributed by atoms with E-state index in [1.54, 1.807) is 0 Å². The van der Waals surface area contributed by atoms with Crippen LogP contribution in [0.25, 0.3) is 0 Å². The molecule has 0 bridgehead atoms. The lowest BCUT2D eigenvalue weighted by Gasteiger charge is -2.49. The number of hydrogen-bond donors (Lipinski definition) is 9. The highest BCUT2D eigenvalue weighted by molar-refractivity contribution is 5.73. The van der Waals surface area contributed by atoms with Gasteiger partial charge in [0.25, 0.3) is 0 Å². The molecule has 0 aromatic carbocycles. The van der Waals surface area contributed by atoms with E-state index in [2.05, 4.69) is 5.32 Å². The van der Waals surface area contributed by atoms with Crippen LogP contribution in [0.15, 0.2) is 0 Å². The minimum atomic E-state index is -1.75. The smallest absolute Gasteiger partial charge is 0.217 e. The molecule has 9 N–H and O–H groups in total. The van der Waals surface area contributed by atoms with Crippen LogP contribution in [0.3, 0.4) is 0 Å². The molecule has 37 heavy (non-hydrogen) atoms. The maximum absolute atomic E-state index is 12.0. The van der Waals surface area contributed by atoms with Crippen molar-refractivity contribution in [3.8, 4) is 0 Å². The number of carbonyl (C=O) groups is 1. The number of nitrogens with one attached hydrogen (secondary N) is 1. The van der Waals surface area contributed by atoms with Crippen molar-refractivity contribution in [2.24, 2.45) is 0 Å². The van der Waals surface area contributed by atoms with Gasteiger partial charge >= 0.3 is 0 Å². The monoisotopic (exact) mass is 543 g/mol. The number of ether oxygens (including phenoxy) is 6. The van der Waals surface area contributed by atoms with Gasteiger partial charge in [-0.1, -0.05) is 0 Å². The van der Waals surface area contributed by atoms with E-state index < -0.39 is 111 Å². The SMILES string of the molecule is CO[C@@H]1O[C@H](CO)[C@H](O)[C@H](O[C@@H]2O[C@H](CO)[C@@H](O)[C@H](O[C@@H]3O[C@@H](C)[C@@H](O)[C@@H](O)[C@@H]3O)[C@H]2NC(C)=O)[C@H]1O. The third kappa shape index (κ3) is 6.39. The molecule has 216 valence electrons. The van der Waals surface area contributed by atoms with Gasteiger partial charge in [-0.15, -0.1) is 0 Å². The molecule has 15 atom stereocenters. The van der Waals surface area contributed by atoms with Gasteiger partial charge in [0, 0.05) is 14.0 Å². The van der Waals surface area contributed by atoms with Crippen LogP contribution in [0.4, 0.5) is 0 Å². The van der Waals surface area contributed by atoms with Gasteiger partial charge in [0.2, 0.25) is 5.91 Å². The highest BCUT2D eigenvalue weighted by Crippen LogP contribution is 2.32. The highest BCUT2D eigenvalue weighted by Gasteiger charge is 2.54. The number of rotatable bonds is 8. The molecular weight excluding hydrogens is 506 g/mol. The average molecular weight is 544 g/mol. The van der Waals surface area contributed by atoms with Crippen LogP contribution in [0.2, 0.25) is 0 Å². The summed E-state index contributed by atoms with van der Waals surface area (Å²) in [5.41, 5.74) is 0. The van der Waals surface area contributed by atoms with Crippen molar-refractivity contribution in [1.82, 2.24) is 5.32 Å². The van der Waals surface area contributed by atoms with Crippen molar-refractivity contribution in [3.05, 3.63) is 0 Å². The van der Waals surface area contributed by atoms with Gasteiger partial charge in [0.15, 0.2) is 18.9 Å². The van der Waals surface area contributed by atoms with Gasteiger partial charge in [-0.3, -0.25) is 4.79 Å². The van der Waals surface area contributed by atoms with Crippen molar-refractivity contribution in [1.29, 1.82) is 0 Å². The number of carbonyl (C=O) groups excluding carboxylic acids is 1. The molecule has 16 heteroatoms. The summed E-state index contributed by atoms with van der Waals surface area (Å²) in [5, 5.41) is 84.4. The van der Waals surface area contributed by atoms with Crippen LogP contribution >= 0.6 is 0 Å².